The third-order valence-electron chi connectivity index (χ3n) is 4.71. The molecule has 2 aromatic rings. The van der Waals surface area contributed by atoms with Gasteiger partial charge in [0.15, 0.2) is 0 Å². The molecule has 122 valence electrons. The molecule has 1 aromatic carbocycles. The van der Waals surface area contributed by atoms with Crippen molar-refractivity contribution in [1.29, 1.82) is 0 Å². The average Bonchev–Trinajstić information content (AvgIpc) is 2.93. The first kappa shape index (κ1) is 15.8. The molecule has 0 aliphatic carbocycles. The number of hydrogen-bond acceptors (Lipinski definition) is 2. The third kappa shape index (κ3) is 3.17. The van der Waals surface area contributed by atoms with Crippen molar-refractivity contribution in [2.24, 2.45) is 5.92 Å². The van der Waals surface area contributed by atoms with Crippen molar-refractivity contribution in [3.63, 3.8) is 0 Å². The van der Waals surface area contributed by atoms with Gasteiger partial charge in [-0.3, -0.25) is 4.79 Å². The smallest absolute Gasteiger partial charge is 0.253 e. The fraction of sp³-hybridized carbons (Fsp3) is 0.421. The molecule has 1 aromatic heterocycles. The molecule has 1 fully saturated rings. The number of likely N-dealkylation sites (tertiary alicyclic amines) is 1. The summed E-state index contributed by atoms with van der Waals surface area (Å²) in [4.78, 5) is 14.5. The van der Waals surface area contributed by atoms with Crippen molar-refractivity contribution in [2.45, 2.75) is 26.7 Å². The number of aromatic nitrogens is 1. The molecular formula is C19H24N2O2. The molecule has 1 saturated heterocycles. The summed E-state index contributed by atoms with van der Waals surface area (Å²) >= 11 is 0. The Labute approximate surface area is 137 Å². The minimum absolute atomic E-state index is 0.0654. The molecule has 0 spiro atoms. The molecule has 1 unspecified atom stereocenters. The topological polar surface area (TPSA) is 45.5 Å². The molecule has 23 heavy (non-hydrogen) atoms. The fourth-order valence-corrected chi connectivity index (χ4v) is 3.41. The highest BCUT2D eigenvalue weighted by Gasteiger charge is 2.23. The van der Waals surface area contributed by atoms with Crippen LogP contribution in [0.2, 0.25) is 0 Å². The number of carbonyl (C=O) groups excluding carboxylic acids is 1. The molecule has 2 heterocycles. The highest BCUT2D eigenvalue weighted by molar-refractivity contribution is 5.94. The van der Waals surface area contributed by atoms with Gasteiger partial charge >= 0.3 is 0 Å². The zero-order valence-corrected chi connectivity index (χ0v) is 13.8. The van der Waals surface area contributed by atoms with Gasteiger partial charge in [0.2, 0.25) is 0 Å². The summed E-state index contributed by atoms with van der Waals surface area (Å²) in [6, 6.07) is 12.0. The Kier molecular flexibility index (Phi) is 4.53. The predicted molar refractivity (Wildman–Crippen MR) is 91.0 cm³/mol. The molecule has 0 bridgehead atoms. The second kappa shape index (κ2) is 6.59. The van der Waals surface area contributed by atoms with Gasteiger partial charge in [-0.05, 0) is 69.0 Å². The highest BCUT2D eigenvalue weighted by Crippen LogP contribution is 2.20. The summed E-state index contributed by atoms with van der Waals surface area (Å²) in [5, 5.41) is 9.31. The quantitative estimate of drug-likeness (QED) is 0.947. The van der Waals surface area contributed by atoms with Gasteiger partial charge in [-0.25, -0.2) is 0 Å². The van der Waals surface area contributed by atoms with Crippen molar-refractivity contribution in [3.05, 3.63) is 53.3 Å². The molecule has 3 rings (SSSR count). The lowest BCUT2D eigenvalue weighted by atomic mass is 9.98. The lowest BCUT2D eigenvalue weighted by Crippen LogP contribution is -2.40. The summed E-state index contributed by atoms with van der Waals surface area (Å²) in [5.41, 5.74) is 4.16. The Morgan fingerprint density at radius 1 is 1.13 bits per heavy atom. The van der Waals surface area contributed by atoms with Crippen molar-refractivity contribution in [3.8, 4) is 5.69 Å². The Morgan fingerprint density at radius 2 is 1.78 bits per heavy atom. The van der Waals surface area contributed by atoms with Gasteiger partial charge in [0.1, 0.15) is 0 Å². The number of aryl methyl sites for hydroxylation is 2. The minimum Gasteiger partial charge on any atom is -0.396 e. The van der Waals surface area contributed by atoms with Crippen molar-refractivity contribution >= 4 is 5.91 Å². The standard InChI is InChI=1S/C19H24N2O2/c1-14-5-6-15(2)21(14)18-9-7-17(8-10-18)19(23)20-11-3-4-16(12-20)13-22/h5-10,16,22H,3-4,11-13H2,1-2H3. The molecule has 0 radical (unpaired) electrons. The van der Waals surface area contributed by atoms with E-state index in [0.717, 1.165) is 30.6 Å². The fourth-order valence-electron chi connectivity index (χ4n) is 3.41. The van der Waals surface area contributed by atoms with E-state index in [1.165, 1.54) is 11.4 Å². The number of aliphatic hydroxyl groups excluding tert-OH is 1. The van der Waals surface area contributed by atoms with Crippen LogP contribution in [0.4, 0.5) is 0 Å². The van der Waals surface area contributed by atoms with E-state index in [1.807, 2.05) is 29.2 Å². The number of rotatable bonds is 3. The normalized spacial score (nSPS) is 18.2. The zero-order valence-electron chi connectivity index (χ0n) is 13.8. The molecule has 4 nitrogen and oxygen atoms in total. The number of amides is 1. The van der Waals surface area contributed by atoms with Crippen LogP contribution in [-0.2, 0) is 0 Å². The summed E-state index contributed by atoms with van der Waals surface area (Å²) in [5.74, 6) is 0.285. The lowest BCUT2D eigenvalue weighted by Gasteiger charge is -2.32. The monoisotopic (exact) mass is 312 g/mol. The van der Waals surface area contributed by atoms with E-state index in [1.54, 1.807) is 0 Å². The van der Waals surface area contributed by atoms with Gasteiger partial charge < -0.3 is 14.6 Å². The van der Waals surface area contributed by atoms with Crippen molar-refractivity contribution in [1.82, 2.24) is 9.47 Å². The molecule has 0 saturated carbocycles. The molecule has 1 atom stereocenters. The summed E-state index contributed by atoms with van der Waals surface area (Å²) in [7, 11) is 0. The Balaban J connectivity index is 1.78. The second-order valence-electron chi connectivity index (χ2n) is 6.44. The number of aliphatic hydroxyl groups is 1. The van der Waals surface area contributed by atoms with Gasteiger partial charge in [0.05, 0.1) is 0 Å². The SMILES string of the molecule is Cc1ccc(C)n1-c1ccc(C(=O)N2CCCC(CO)C2)cc1. The van der Waals surface area contributed by atoms with E-state index in [-0.39, 0.29) is 18.4 Å². The first-order valence-corrected chi connectivity index (χ1v) is 8.25. The van der Waals surface area contributed by atoms with Gasteiger partial charge in [-0.1, -0.05) is 0 Å². The Hall–Kier alpha value is -2.07. The first-order chi connectivity index (χ1) is 11.1. The van der Waals surface area contributed by atoms with E-state index in [2.05, 4.69) is 30.5 Å². The number of carbonyl (C=O) groups is 1. The number of nitrogens with zero attached hydrogens (tertiary/aromatic N) is 2. The van der Waals surface area contributed by atoms with Crippen molar-refractivity contribution in [2.75, 3.05) is 19.7 Å². The van der Waals surface area contributed by atoms with Gasteiger partial charge in [0.25, 0.3) is 5.91 Å². The maximum absolute atomic E-state index is 12.6. The lowest BCUT2D eigenvalue weighted by molar-refractivity contribution is 0.0620. The highest BCUT2D eigenvalue weighted by atomic mass is 16.3. The van der Waals surface area contributed by atoms with Crippen LogP contribution in [-0.4, -0.2) is 40.2 Å². The molecule has 1 aliphatic heterocycles. The number of benzene rings is 1. The number of piperidine rings is 1. The Bertz CT molecular complexity index is 668. The van der Waals surface area contributed by atoms with Crippen molar-refractivity contribution < 1.29 is 9.90 Å². The van der Waals surface area contributed by atoms with E-state index in [0.29, 0.717) is 6.54 Å². The van der Waals surface area contributed by atoms with Crippen LogP contribution in [0.3, 0.4) is 0 Å². The van der Waals surface area contributed by atoms with Crippen LogP contribution in [0.15, 0.2) is 36.4 Å². The molecule has 1 aliphatic rings. The average molecular weight is 312 g/mol. The maximum atomic E-state index is 12.6. The van der Waals surface area contributed by atoms with E-state index in [9.17, 15) is 9.90 Å². The largest absolute Gasteiger partial charge is 0.396 e. The number of hydrogen-bond donors (Lipinski definition) is 1. The van der Waals surface area contributed by atoms with E-state index < -0.39 is 0 Å². The van der Waals surface area contributed by atoms with Crippen LogP contribution >= 0.6 is 0 Å². The van der Waals surface area contributed by atoms with E-state index in [4.69, 9.17) is 0 Å². The second-order valence-corrected chi connectivity index (χ2v) is 6.44. The van der Waals surface area contributed by atoms with Gasteiger partial charge in [0, 0.05) is 42.3 Å². The van der Waals surface area contributed by atoms with E-state index >= 15 is 0 Å². The third-order valence-corrected chi connectivity index (χ3v) is 4.71. The molecular weight excluding hydrogens is 288 g/mol. The zero-order chi connectivity index (χ0) is 16.4. The summed E-state index contributed by atoms with van der Waals surface area (Å²) < 4.78 is 2.18. The summed E-state index contributed by atoms with van der Waals surface area (Å²) in [6.07, 6.45) is 1.97. The van der Waals surface area contributed by atoms with Crippen LogP contribution < -0.4 is 0 Å². The van der Waals surface area contributed by atoms with Gasteiger partial charge in [-0.15, -0.1) is 0 Å². The van der Waals surface area contributed by atoms with Gasteiger partial charge in [-0.2, -0.15) is 0 Å². The van der Waals surface area contributed by atoms with Crippen LogP contribution in [0, 0.1) is 19.8 Å². The van der Waals surface area contributed by atoms with Crippen LogP contribution in [0.25, 0.3) is 5.69 Å². The maximum Gasteiger partial charge on any atom is 0.253 e. The Morgan fingerprint density at radius 3 is 2.39 bits per heavy atom. The first-order valence-electron chi connectivity index (χ1n) is 8.25. The molecule has 1 N–H and O–H groups in total. The summed E-state index contributed by atoms with van der Waals surface area (Å²) in [6.45, 7) is 5.76. The predicted octanol–water partition coefficient (Wildman–Crippen LogP) is 2.94. The minimum atomic E-state index is 0.0654. The van der Waals surface area contributed by atoms with Crippen LogP contribution in [0.5, 0.6) is 0 Å². The molecule has 1 amide bonds. The molecule has 4 heteroatoms. The van der Waals surface area contributed by atoms with Crippen LogP contribution in [0.1, 0.15) is 34.6 Å².